The number of hydrogen-bond donors (Lipinski definition) is 0. The minimum absolute atomic E-state index is 0.715. The highest BCUT2D eigenvalue weighted by Gasteiger charge is 2.67. The summed E-state index contributed by atoms with van der Waals surface area (Å²) in [6, 6.07) is 0. The second kappa shape index (κ2) is 6.26. The summed E-state index contributed by atoms with van der Waals surface area (Å²) in [6.45, 7) is 5.27. The maximum Gasteiger partial charge on any atom is -0.0210 e. The SMILES string of the molecule is CCCC12CCCC13CCC1C(CCC4CC5(CCCC5)CCC41C)C3CC2. The van der Waals surface area contributed by atoms with Crippen LogP contribution in [0.25, 0.3) is 0 Å². The first kappa shape index (κ1) is 18.7. The van der Waals surface area contributed by atoms with Crippen molar-refractivity contribution in [1.29, 1.82) is 0 Å². The summed E-state index contributed by atoms with van der Waals surface area (Å²) in [7, 11) is 0. The summed E-state index contributed by atoms with van der Waals surface area (Å²) < 4.78 is 0. The summed E-state index contributed by atoms with van der Waals surface area (Å²) >= 11 is 0. The lowest BCUT2D eigenvalue weighted by molar-refractivity contribution is -0.141. The third-order valence-electron chi connectivity index (χ3n) is 12.8. The van der Waals surface area contributed by atoms with Gasteiger partial charge in [0.25, 0.3) is 0 Å². The summed E-state index contributed by atoms with van der Waals surface area (Å²) in [5.41, 5.74) is 3.11. The molecule has 0 nitrogen and oxygen atoms in total. The lowest BCUT2D eigenvalue weighted by Gasteiger charge is -2.63. The van der Waals surface area contributed by atoms with Crippen LogP contribution in [-0.4, -0.2) is 0 Å². The molecule has 6 saturated carbocycles. The molecule has 0 bridgehead atoms. The molecule has 6 aliphatic rings. The van der Waals surface area contributed by atoms with Gasteiger partial charge in [-0.2, -0.15) is 0 Å². The zero-order chi connectivity index (χ0) is 19.0. The molecule has 28 heavy (non-hydrogen) atoms. The molecule has 0 heteroatoms. The van der Waals surface area contributed by atoms with E-state index in [4.69, 9.17) is 0 Å². The molecule has 0 aliphatic heterocycles. The van der Waals surface area contributed by atoms with Crippen LogP contribution in [0.15, 0.2) is 0 Å². The van der Waals surface area contributed by atoms with Gasteiger partial charge < -0.3 is 0 Å². The van der Waals surface area contributed by atoms with Gasteiger partial charge in [-0.05, 0) is 135 Å². The molecule has 2 spiro atoms. The van der Waals surface area contributed by atoms with Gasteiger partial charge in [-0.1, -0.05) is 39.5 Å². The first-order valence-electron chi connectivity index (χ1n) is 13.6. The van der Waals surface area contributed by atoms with Crippen LogP contribution >= 0.6 is 0 Å². The smallest absolute Gasteiger partial charge is 0.0210 e. The molecule has 0 saturated heterocycles. The molecule has 0 amide bonds. The fraction of sp³-hybridized carbons (Fsp3) is 1.00. The van der Waals surface area contributed by atoms with Crippen LogP contribution in [0.5, 0.6) is 0 Å². The summed E-state index contributed by atoms with van der Waals surface area (Å²) in [5.74, 6) is 4.42. The van der Waals surface area contributed by atoms with E-state index in [0.29, 0.717) is 5.41 Å². The monoisotopic (exact) mass is 382 g/mol. The Bertz CT molecular complexity index is 614. The predicted octanol–water partition coefficient (Wildman–Crippen LogP) is 8.54. The first-order valence-corrected chi connectivity index (χ1v) is 13.6. The molecule has 158 valence electrons. The third kappa shape index (κ3) is 2.25. The molecular weight excluding hydrogens is 336 g/mol. The van der Waals surface area contributed by atoms with Gasteiger partial charge in [0.1, 0.15) is 0 Å². The average molecular weight is 383 g/mol. The Kier molecular flexibility index (Phi) is 4.19. The van der Waals surface area contributed by atoms with E-state index in [1.165, 1.54) is 6.42 Å². The summed E-state index contributed by atoms with van der Waals surface area (Å²) in [4.78, 5) is 0. The maximum absolute atomic E-state index is 2.80. The second-order valence-electron chi connectivity index (χ2n) is 13.2. The van der Waals surface area contributed by atoms with Crippen LogP contribution in [0.2, 0.25) is 0 Å². The van der Waals surface area contributed by atoms with Crippen molar-refractivity contribution < 1.29 is 0 Å². The number of hydrogen-bond acceptors (Lipinski definition) is 0. The molecular formula is C28H46. The molecule has 6 fully saturated rings. The van der Waals surface area contributed by atoms with E-state index in [2.05, 4.69) is 13.8 Å². The minimum atomic E-state index is 0.715. The Morgan fingerprint density at radius 2 is 1.54 bits per heavy atom. The van der Waals surface area contributed by atoms with Gasteiger partial charge in [0.2, 0.25) is 0 Å². The fourth-order valence-corrected chi connectivity index (χ4v) is 11.7. The normalized spacial score (nSPS) is 54.2. The minimum Gasteiger partial charge on any atom is -0.0654 e. The number of fused-ring (bicyclic) bond motifs is 4. The maximum atomic E-state index is 2.80. The quantitative estimate of drug-likeness (QED) is 0.449. The van der Waals surface area contributed by atoms with Crippen molar-refractivity contribution in [2.45, 2.75) is 129 Å². The fourth-order valence-electron chi connectivity index (χ4n) is 11.7. The van der Waals surface area contributed by atoms with Crippen molar-refractivity contribution in [2.24, 2.45) is 45.3 Å². The van der Waals surface area contributed by atoms with E-state index in [1.54, 1.807) is 109 Å². The van der Waals surface area contributed by atoms with E-state index in [1.807, 2.05) is 0 Å². The van der Waals surface area contributed by atoms with E-state index < -0.39 is 0 Å². The highest BCUT2D eigenvalue weighted by molar-refractivity contribution is 5.17. The van der Waals surface area contributed by atoms with Crippen molar-refractivity contribution >= 4 is 0 Å². The lowest BCUT2D eigenvalue weighted by atomic mass is 9.42. The summed E-state index contributed by atoms with van der Waals surface area (Å²) in [6.07, 6.45) is 28.5. The predicted molar refractivity (Wildman–Crippen MR) is 118 cm³/mol. The van der Waals surface area contributed by atoms with E-state index in [0.717, 1.165) is 39.9 Å². The van der Waals surface area contributed by atoms with Crippen molar-refractivity contribution in [3.63, 3.8) is 0 Å². The summed E-state index contributed by atoms with van der Waals surface area (Å²) in [5, 5.41) is 0. The Balaban J connectivity index is 1.28. The van der Waals surface area contributed by atoms with E-state index in [-0.39, 0.29) is 0 Å². The van der Waals surface area contributed by atoms with Gasteiger partial charge >= 0.3 is 0 Å². The third-order valence-corrected chi connectivity index (χ3v) is 12.8. The molecule has 7 unspecified atom stereocenters. The van der Waals surface area contributed by atoms with E-state index in [9.17, 15) is 0 Å². The van der Waals surface area contributed by atoms with E-state index >= 15 is 0 Å². The molecule has 6 aliphatic carbocycles. The molecule has 0 radical (unpaired) electrons. The molecule has 0 aromatic carbocycles. The molecule has 0 aromatic heterocycles. The standard InChI is InChI=1S/C28H46/c1-3-11-27-14-6-15-28(27)17-10-23-22(24(28)9-16-27)8-7-21-20-26(12-4-5-13-26)19-18-25(21,23)2/h21-24H,3-20H2,1-2H3. The van der Waals surface area contributed by atoms with Crippen molar-refractivity contribution in [1.82, 2.24) is 0 Å². The van der Waals surface area contributed by atoms with Crippen LogP contribution in [-0.2, 0) is 0 Å². The Morgan fingerprint density at radius 3 is 2.36 bits per heavy atom. The lowest BCUT2D eigenvalue weighted by Crippen LogP contribution is -2.55. The highest BCUT2D eigenvalue weighted by atomic mass is 14.7. The van der Waals surface area contributed by atoms with Crippen LogP contribution in [0.3, 0.4) is 0 Å². The molecule has 6 rings (SSSR count). The second-order valence-corrected chi connectivity index (χ2v) is 13.2. The van der Waals surface area contributed by atoms with Gasteiger partial charge in [0.05, 0.1) is 0 Å². The Labute approximate surface area is 175 Å². The highest BCUT2D eigenvalue weighted by Crippen LogP contribution is 2.76. The van der Waals surface area contributed by atoms with Gasteiger partial charge in [-0.15, -0.1) is 0 Å². The van der Waals surface area contributed by atoms with Crippen LogP contribution in [0, 0.1) is 45.3 Å². The van der Waals surface area contributed by atoms with Gasteiger partial charge in [0.15, 0.2) is 0 Å². The largest absolute Gasteiger partial charge is 0.0654 e. The van der Waals surface area contributed by atoms with Crippen molar-refractivity contribution in [2.75, 3.05) is 0 Å². The van der Waals surface area contributed by atoms with Crippen LogP contribution < -0.4 is 0 Å². The average Bonchev–Trinajstić information content (AvgIpc) is 3.35. The van der Waals surface area contributed by atoms with Crippen molar-refractivity contribution in [3.8, 4) is 0 Å². The Hall–Kier alpha value is 0. The topological polar surface area (TPSA) is 0 Å². The van der Waals surface area contributed by atoms with Crippen molar-refractivity contribution in [3.05, 3.63) is 0 Å². The zero-order valence-corrected chi connectivity index (χ0v) is 19.0. The van der Waals surface area contributed by atoms with Gasteiger partial charge in [-0.25, -0.2) is 0 Å². The molecule has 0 aromatic rings. The van der Waals surface area contributed by atoms with Gasteiger partial charge in [-0.3, -0.25) is 0 Å². The van der Waals surface area contributed by atoms with Gasteiger partial charge in [0, 0.05) is 0 Å². The molecule has 7 atom stereocenters. The zero-order valence-electron chi connectivity index (χ0n) is 19.0. The Morgan fingerprint density at radius 1 is 0.714 bits per heavy atom. The number of rotatable bonds is 2. The molecule has 0 heterocycles. The van der Waals surface area contributed by atoms with Crippen LogP contribution in [0.4, 0.5) is 0 Å². The first-order chi connectivity index (χ1) is 13.6. The van der Waals surface area contributed by atoms with Crippen LogP contribution in [0.1, 0.15) is 129 Å². The molecule has 0 N–H and O–H groups in total.